The number of hydrogen-bond acceptors (Lipinski definition) is 2. The minimum Gasteiger partial charge on any atom is -0.370 e. The van der Waals surface area contributed by atoms with E-state index in [1.807, 2.05) is 36.4 Å². The normalized spacial score (nSPS) is 14.4. The zero-order valence-corrected chi connectivity index (χ0v) is 21.2. The summed E-state index contributed by atoms with van der Waals surface area (Å²) in [6, 6.07) is 26.5. The van der Waals surface area contributed by atoms with Crippen molar-refractivity contribution in [3.8, 4) is 22.4 Å². The number of aryl methyl sites for hydroxylation is 1. The average Bonchev–Trinajstić information content (AvgIpc) is 2.85. The van der Waals surface area contributed by atoms with Crippen LogP contribution in [0.25, 0.3) is 22.4 Å². The number of benzene rings is 3. The molecule has 0 saturated carbocycles. The summed E-state index contributed by atoms with van der Waals surface area (Å²) in [5, 5.41) is 1.93. The molecule has 0 atom stereocenters. The van der Waals surface area contributed by atoms with Gasteiger partial charge in [-0.3, -0.25) is 4.98 Å². The average molecular weight is 508 g/mol. The van der Waals surface area contributed by atoms with E-state index in [1.165, 1.54) is 5.56 Å². The number of pyridine rings is 1. The first-order chi connectivity index (χ1) is 16.5. The maximum Gasteiger partial charge on any atom is 0.0785 e. The number of nitrogens with zero attached hydrogens (tertiary/aromatic N) is 2. The molecule has 0 amide bonds. The second kappa shape index (κ2) is 10.00. The third-order valence-electron chi connectivity index (χ3n) is 6.63. The fourth-order valence-electron chi connectivity index (χ4n) is 4.83. The van der Waals surface area contributed by atoms with E-state index >= 15 is 0 Å². The lowest BCUT2D eigenvalue weighted by Crippen LogP contribution is -2.33. The first kappa shape index (κ1) is 23.2. The third kappa shape index (κ3) is 4.81. The molecule has 0 unspecified atom stereocenters. The standard InChI is InChI=1S/C29H25Cl3N2/c1-19-28(34-15-13-21(14-16-34)20-5-3-2-4-6-20)18-26(25-12-11-24(31)17-27(25)32)29(33-19)22-7-9-23(30)10-8-22/h2-12,17-18,21H,13-16H2,1H3. The molecule has 0 bridgehead atoms. The smallest absolute Gasteiger partial charge is 0.0785 e. The number of piperidine rings is 1. The van der Waals surface area contributed by atoms with Gasteiger partial charge in [-0.2, -0.15) is 0 Å². The Labute approximate surface area is 216 Å². The maximum atomic E-state index is 6.67. The molecule has 4 aromatic rings. The van der Waals surface area contributed by atoms with Crippen LogP contribution < -0.4 is 4.90 Å². The second-order valence-electron chi connectivity index (χ2n) is 8.79. The van der Waals surface area contributed by atoms with Gasteiger partial charge >= 0.3 is 0 Å². The van der Waals surface area contributed by atoms with Crippen molar-refractivity contribution in [3.63, 3.8) is 0 Å². The summed E-state index contributed by atoms with van der Waals surface area (Å²) in [5.74, 6) is 0.601. The lowest BCUT2D eigenvalue weighted by Gasteiger charge is -2.35. The van der Waals surface area contributed by atoms with Crippen LogP contribution in [-0.4, -0.2) is 18.1 Å². The molecular formula is C29H25Cl3N2. The molecule has 1 aromatic heterocycles. The van der Waals surface area contributed by atoms with Crippen molar-refractivity contribution >= 4 is 40.5 Å². The number of hydrogen-bond donors (Lipinski definition) is 0. The Kier molecular flexibility index (Phi) is 6.83. The zero-order chi connectivity index (χ0) is 23.7. The number of rotatable bonds is 4. The van der Waals surface area contributed by atoms with E-state index < -0.39 is 0 Å². The van der Waals surface area contributed by atoms with Crippen LogP contribution in [-0.2, 0) is 0 Å². The molecule has 1 aliphatic heterocycles. The van der Waals surface area contributed by atoms with Crippen LogP contribution in [0.5, 0.6) is 0 Å². The summed E-state index contributed by atoms with van der Waals surface area (Å²) in [7, 11) is 0. The highest BCUT2D eigenvalue weighted by molar-refractivity contribution is 6.36. The Hall–Kier alpha value is -2.52. The molecule has 2 heterocycles. The molecule has 3 aromatic carbocycles. The number of aromatic nitrogens is 1. The number of halogens is 3. The van der Waals surface area contributed by atoms with Gasteiger partial charge < -0.3 is 4.90 Å². The van der Waals surface area contributed by atoms with Crippen molar-refractivity contribution in [2.45, 2.75) is 25.7 Å². The molecule has 2 nitrogen and oxygen atoms in total. The zero-order valence-electron chi connectivity index (χ0n) is 18.9. The summed E-state index contributed by atoms with van der Waals surface area (Å²) in [4.78, 5) is 7.55. The fourth-order valence-corrected chi connectivity index (χ4v) is 5.47. The molecule has 0 radical (unpaired) electrons. The second-order valence-corrected chi connectivity index (χ2v) is 10.1. The summed E-state index contributed by atoms with van der Waals surface area (Å²) >= 11 is 19.0. The van der Waals surface area contributed by atoms with Crippen LogP contribution in [0.2, 0.25) is 15.1 Å². The van der Waals surface area contributed by atoms with Crippen molar-refractivity contribution in [2.75, 3.05) is 18.0 Å². The van der Waals surface area contributed by atoms with E-state index in [9.17, 15) is 0 Å². The van der Waals surface area contributed by atoms with Crippen molar-refractivity contribution in [2.24, 2.45) is 0 Å². The van der Waals surface area contributed by atoms with Gasteiger partial charge in [0.15, 0.2) is 0 Å². The molecule has 0 aliphatic carbocycles. The van der Waals surface area contributed by atoms with Crippen LogP contribution in [0.15, 0.2) is 78.9 Å². The Morgan fingerprint density at radius 2 is 1.44 bits per heavy atom. The van der Waals surface area contributed by atoms with E-state index in [-0.39, 0.29) is 0 Å². The molecule has 172 valence electrons. The monoisotopic (exact) mass is 506 g/mol. The van der Waals surface area contributed by atoms with Crippen molar-refractivity contribution in [1.82, 2.24) is 4.98 Å². The predicted molar refractivity (Wildman–Crippen MR) is 146 cm³/mol. The van der Waals surface area contributed by atoms with Crippen LogP contribution in [0.4, 0.5) is 5.69 Å². The molecule has 5 heteroatoms. The summed E-state index contributed by atoms with van der Waals surface area (Å²) in [5.41, 5.74) is 7.41. The first-order valence-corrected chi connectivity index (χ1v) is 12.7. The van der Waals surface area contributed by atoms with E-state index in [0.29, 0.717) is 21.0 Å². The lowest BCUT2D eigenvalue weighted by molar-refractivity contribution is 0.504. The minimum absolute atomic E-state index is 0.601. The highest BCUT2D eigenvalue weighted by Gasteiger charge is 2.24. The highest BCUT2D eigenvalue weighted by atomic mass is 35.5. The Bertz CT molecular complexity index is 1300. The van der Waals surface area contributed by atoms with E-state index in [0.717, 1.165) is 59.7 Å². The molecule has 0 spiro atoms. The largest absolute Gasteiger partial charge is 0.370 e. The van der Waals surface area contributed by atoms with Gasteiger partial charge in [-0.05, 0) is 61.6 Å². The van der Waals surface area contributed by atoms with E-state index in [1.54, 1.807) is 6.07 Å². The molecule has 0 N–H and O–H groups in total. The lowest BCUT2D eigenvalue weighted by atomic mass is 9.89. The Morgan fingerprint density at radius 1 is 0.765 bits per heavy atom. The summed E-state index contributed by atoms with van der Waals surface area (Å²) < 4.78 is 0. The van der Waals surface area contributed by atoms with Gasteiger partial charge in [0.2, 0.25) is 0 Å². The van der Waals surface area contributed by atoms with Gasteiger partial charge in [-0.15, -0.1) is 0 Å². The van der Waals surface area contributed by atoms with Gasteiger partial charge in [0.25, 0.3) is 0 Å². The molecule has 5 rings (SSSR count). The molecule has 34 heavy (non-hydrogen) atoms. The van der Waals surface area contributed by atoms with Gasteiger partial charge in [0.05, 0.1) is 17.1 Å². The van der Waals surface area contributed by atoms with Gasteiger partial charge in [-0.1, -0.05) is 83.3 Å². The van der Waals surface area contributed by atoms with E-state index in [4.69, 9.17) is 39.8 Å². The van der Waals surface area contributed by atoms with Gasteiger partial charge in [0.1, 0.15) is 0 Å². The predicted octanol–water partition coefficient (Wildman–Crippen LogP) is 9.07. The first-order valence-electron chi connectivity index (χ1n) is 11.5. The van der Waals surface area contributed by atoms with Crippen LogP contribution >= 0.6 is 34.8 Å². The Balaban J connectivity index is 1.53. The highest BCUT2D eigenvalue weighted by Crippen LogP contribution is 2.40. The van der Waals surface area contributed by atoms with Crippen LogP contribution in [0.3, 0.4) is 0 Å². The van der Waals surface area contributed by atoms with Gasteiger partial charge in [-0.25, -0.2) is 0 Å². The Morgan fingerprint density at radius 3 is 2.12 bits per heavy atom. The summed E-state index contributed by atoms with van der Waals surface area (Å²) in [6.07, 6.45) is 2.25. The maximum absolute atomic E-state index is 6.67. The molecule has 1 fully saturated rings. The molecule has 1 saturated heterocycles. The van der Waals surface area contributed by atoms with Crippen molar-refractivity contribution < 1.29 is 0 Å². The fraction of sp³-hybridized carbons (Fsp3) is 0.207. The molecule has 1 aliphatic rings. The van der Waals surface area contributed by atoms with Crippen molar-refractivity contribution in [1.29, 1.82) is 0 Å². The SMILES string of the molecule is Cc1nc(-c2ccc(Cl)cc2)c(-c2ccc(Cl)cc2Cl)cc1N1CCC(c2ccccc2)CC1. The minimum atomic E-state index is 0.601. The third-order valence-corrected chi connectivity index (χ3v) is 7.43. The van der Waals surface area contributed by atoms with Crippen LogP contribution in [0.1, 0.15) is 30.0 Å². The summed E-state index contributed by atoms with van der Waals surface area (Å²) in [6.45, 7) is 4.08. The van der Waals surface area contributed by atoms with Crippen LogP contribution in [0, 0.1) is 6.92 Å². The van der Waals surface area contributed by atoms with Crippen molar-refractivity contribution in [3.05, 3.63) is 105 Å². The number of anilines is 1. The quantitative estimate of drug-likeness (QED) is 0.274. The van der Waals surface area contributed by atoms with E-state index in [2.05, 4.69) is 48.2 Å². The topological polar surface area (TPSA) is 16.1 Å². The molecular weight excluding hydrogens is 483 g/mol. The van der Waals surface area contributed by atoms with Gasteiger partial charge in [0, 0.05) is 44.8 Å².